The van der Waals surface area contributed by atoms with Crippen LogP contribution in [0.1, 0.15) is 5.56 Å². The van der Waals surface area contributed by atoms with Crippen LogP contribution in [0.4, 0.5) is 4.79 Å². The van der Waals surface area contributed by atoms with Gasteiger partial charge in [-0.1, -0.05) is 15.9 Å². The molecule has 8 heteroatoms. The maximum atomic E-state index is 11.5. The Morgan fingerprint density at radius 2 is 2.10 bits per heavy atom. The minimum atomic E-state index is -0.585. The van der Waals surface area contributed by atoms with E-state index in [0.717, 1.165) is 4.47 Å². The first-order chi connectivity index (χ1) is 9.99. The largest absolute Gasteiger partial charge is 0.481 e. The Labute approximate surface area is 128 Å². The zero-order valence-corrected chi connectivity index (χ0v) is 12.5. The van der Waals surface area contributed by atoms with Crippen molar-refractivity contribution < 1.29 is 23.9 Å². The Kier molecular flexibility index (Phi) is 4.59. The number of imide groups is 1. The van der Waals surface area contributed by atoms with E-state index in [2.05, 4.69) is 31.3 Å². The van der Waals surface area contributed by atoms with Crippen LogP contribution in [0, 0.1) is 0 Å². The van der Waals surface area contributed by atoms with Gasteiger partial charge in [0, 0.05) is 10.0 Å². The quantitative estimate of drug-likeness (QED) is 0.481. The van der Waals surface area contributed by atoms with E-state index in [0.29, 0.717) is 11.3 Å². The number of benzene rings is 1. The molecular weight excluding hydrogens is 344 g/mol. The molecule has 0 radical (unpaired) electrons. The molecule has 0 unspecified atom stereocenters. The fourth-order valence-electron chi connectivity index (χ4n) is 1.60. The van der Waals surface area contributed by atoms with Crippen LogP contribution in [0.25, 0.3) is 6.08 Å². The third-order valence-corrected chi connectivity index (χ3v) is 3.06. The van der Waals surface area contributed by atoms with E-state index >= 15 is 0 Å². The summed E-state index contributed by atoms with van der Waals surface area (Å²) in [7, 11) is 1.26. The lowest BCUT2D eigenvalue weighted by Gasteiger charge is -2.09. The van der Waals surface area contributed by atoms with Crippen molar-refractivity contribution >= 4 is 39.9 Å². The van der Waals surface area contributed by atoms with E-state index < -0.39 is 17.9 Å². The van der Waals surface area contributed by atoms with Gasteiger partial charge in [-0.15, -0.1) is 0 Å². The molecule has 0 aliphatic carbocycles. The Bertz CT molecular complexity index is 641. The van der Waals surface area contributed by atoms with Gasteiger partial charge in [0.15, 0.2) is 6.61 Å². The normalized spacial score (nSPS) is 15.6. The van der Waals surface area contributed by atoms with Crippen molar-refractivity contribution in [3.8, 4) is 5.75 Å². The number of urea groups is 1. The number of carbonyl (C=O) groups is 3. The van der Waals surface area contributed by atoms with Crippen molar-refractivity contribution in [1.82, 2.24) is 10.6 Å². The molecule has 0 bridgehead atoms. The van der Waals surface area contributed by atoms with E-state index in [1.165, 1.54) is 13.2 Å². The van der Waals surface area contributed by atoms with Gasteiger partial charge < -0.3 is 14.8 Å². The fraction of sp³-hybridized carbons (Fsp3) is 0.154. The van der Waals surface area contributed by atoms with Gasteiger partial charge in [0.2, 0.25) is 0 Å². The smallest absolute Gasteiger partial charge is 0.343 e. The SMILES string of the molecule is COC(=O)COc1ccc(Br)cc1/C=C1\NC(=O)NC1=O. The molecule has 2 N–H and O–H groups in total. The van der Waals surface area contributed by atoms with Crippen LogP contribution in [0.3, 0.4) is 0 Å². The summed E-state index contributed by atoms with van der Waals surface area (Å²) in [6.07, 6.45) is 1.46. The van der Waals surface area contributed by atoms with Crippen LogP contribution in [-0.2, 0) is 14.3 Å². The van der Waals surface area contributed by atoms with Gasteiger partial charge in [-0.05, 0) is 24.3 Å². The molecule has 1 heterocycles. The molecule has 1 saturated heterocycles. The summed E-state index contributed by atoms with van der Waals surface area (Å²) >= 11 is 3.30. The highest BCUT2D eigenvalue weighted by Gasteiger charge is 2.23. The number of esters is 1. The summed E-state index contributed by atoms with van der Waals surface area (Å²) in [6, 6.07) is 4.46. The van der Waals surface area contributed by atoms with Crippen LogP contribution in [0.15, 0.2) is 28.4 Å². The zero-order chi connectivity index (χ0) is 15.4. The van der Waals surface area contributed by atoms with E-state index in [9.17, 15) is 14.4 Å². The van der Waals surface area contributed by atoms with Gasteiger partial charge in [-0.3, -0.25) is 10.1 Å². The highest BCUT2D eigenvalue weighted by atomic mass is 79.9. The second-order valence-electron chi connectivity index (χ2n) is 4.01. The summed E-state index contributed by atoms with van der Waals surface area (Å²) in [5.41, 5.74) is 0.627. The summed E-state index contributed by atoms with van der Waals surface area (Å²) < 4.78 is 10.6. The van der Waals surface area contributed by atoms with Gasteiger partial charge in [-0.25, -0.2) is 9.59 Å². The number of nitrogens with one attached hydrogen (secondary N) is 2. The molecule has 0 aromatic heterocycles. The summed E-state index contributed by atoms with van der Waals surface area (Å²) in [4.78, 5) is 33.7. The summed E-state index contributed by atoms with van der Waals surface area (Å²) in [5.74, 6) is -0.674. The molecule has 0 atom stereocenters. The van der Waals surface area contributed by atoms with Crippen LogP contribution < -0.4 is 15.4 Å². The van der Waals surface area contributed by atoms with Gasteiger partial charge in [0.25, 0.3) is 5.91 Å². The molecule has 1 fully saturated rings. The number of hydrogen-bond acceptors (Lipinski definition) is 5. The minimum absolute atomic E-state index is 0.0982. The van der Waals surface area contributed by atoms with E-state index in [4.69, 9.17) is 4.74 Å². The van der Waals surface area contributed by atoms with E-state index in [1.54, 1.807) is 18.2 Å². The van der Waals surface area contributed by atoms with E-state index in [-0.39, 0.29) is 12.3 Å². The average Bonchev–Trinajstić information content (AvgIpc) is 2.75. The Morgan fingerprint density at radius 1 is 1.33 bits per heavy atom. The predicted octanol–water partition coefficient (Wildman–Crippen LogP) is 1.18. The van der Waals surface area contributed by atoms with E-state index in [1.807, 2.05) is 0 Å². The third kappa shape index (κ3) is 3.82. The van der Waals surface area contributed by atoms with Gasteiger partial charge in [0.05, 0.1) is 7.11 Å². The van der Waals surface area contributed by atoms with Crippen molar-refractivity contribution in [2.24, 2.45) is 0 Å². The number of halogens is 1. The molecule has 1 aliphatic heterocycles. The first-order valence-corrected chi connectivity index (χ1v) is 6.62. The highest BCUT2D eigenvalue weighted by molar-refractivity contribution is 9.10. The predicted molar refractivity (Wildman–Crippen MR) is 76.3 cm³/mol. The molecule has 1 aromatic carbocycles. The number of rotatable bonds is 4. The molecule has 3 amide bonds. The number of amides is 3. The van der Waals surface area contributed by atoms with Crippen molar-refractivity contribution in [3.63, 3.8) is 0 Å². The molecule has 2 rings (SSSR count). The van der Waals surface area contributed by atoms with Crippen molar-refractivity contribution in [3.05, 3.63) is 33.9 Å². The first-order valence-electron chi connectivity index (χ1n) is 5.83. The number of carbonyl (C=O) groups excluding carboxylic acids is 3. The molecular formula is C13H11BrN2O5. The Hall–Kier alpha value is -2.35. The van der Waals surface area contributed by atoms with Crippen molar-refractivity contribution in [2.75, 3.05) is 13.7 Å². The standard InChI is InChI=1S/C13H11BrN2O5/c1-20-11(17)6-21-10-3-2-8(14)4-7(10)5-9-12(18)16-13(19)15-9/h2-5H,6H2,1H3,(H2,15,16,18,19)/b9-5-. The zero-order valence-electron chi connectivity index (χ0n) is 10.9. The second-order valence-corrected chi connectivity index (χ2v) is 4.93. The average molecular weight is 355 g/mol. The van der Waals surface area contributed by atoms with Crippen LogP contribution >= 0.6 is 15.9 Å². The van der Waals surface area contributed by atoms with Crippen LogP contribution in [-0.4, -0.2) is 31.6 Å². The molecule has 7 nitrogen and oxygen atoms in total. The fourth-order valence-corrected chi connectivity index (χ4v) is 1.98. The first kappa shape index (κ1) is 15.0. The number of hydrogen-bond donors (Lipinski definition) is 2. The molecule has 0 spiro atoms. The lowest BCUT2D eigenvalue weighted by Crippen LogP contribution is -2.22. The third-order valence-electron chi connectivity index (χ3n) is 2.56. The topological polar surface area (TPSA) is 93.7 Å². The van der Waals surface area contributed by atoms with Crippen molar-refractivity contribution in [1.29, 1.82) is 0 Å². The maximum Gasteiger partial charge on any atom is 0.343 e. The molecule has 21 heavy (non-hydrogen) atoms. The monoisotopic (exact) mass is 354 g/mol. The maximum absolute atomic E-state index is 11.5. The lowest BCUT2D eigenvalue weighted by molar-refractivity contribution is -0.142. The highest BCUT2D eigenvalue weighted by Crippen LogP contribution is 2.25. The van der Waals surface area contributed by atoms with Crippen molar-refractivity contribution in [2.45, 2.75) is 0 Å². The molecule has 1 aliphatic rings. The van der Waals surface area contributed by atoms with Gasteiger partial charge in [-0.2, -0.15) is 0 Å². The lowest BCUT2D eigenvalue weighted by atomic mass is 10.1. The van der Waals surface area contributed by atoms with Crippen LogP contribution in [0.2, 0.25) is 0 Å². The Morgan fingerprint density at radius 3 is 2.71 bits per heavy atom. The number of methoxy groups -OCH3 is 1. The van der Waals surface area contributed by atoms with Gasteiger partial charge in [0.1, 0.15) is 11.4 Å². The minimum Gasteiger partial charge on any atom is -0.481 e. The summed E-state index contributed by atoms with van der Waals surface area (Å²) in [5, 5.41) is 4.47. The molecule has 1 aromatic rings. The van der Waals surface area contributed by atoms with Gasteiger partial charge >= 0.3 is 12.0 Å². The molecule has 110 valence electrons. The van der Waals surface area contributed by atoms with Crippen LogP contribution in [0.5, 0.6) is 5.75 Å². The Balaban J connectivity index is 2.27. The summed E-state index contributed by atoms with van der Waals surface area (Å²) in [6.45, 7) is -0.257. The second kappa shape index (κ2) is 6.40. The molecule has 0 saturated carbocycles. The number of ether oxygens (including phenoxy) is 2.